The number of ether oxygens (including phenoxy) is 1. The second kappa shape index (κ2) is 7.50. The molecule has 0 unspecified atom stereocenters. The highest BCUT2D eigenvalue weighted by Gasteiger charge is 2.28. The van der Waals surface area contributed by atoms with E-state index in [2.05, 4.69) is 81.7 Å². The molecule has 0 bridgehead atoms. The van der Waals surface area contributed by atoms with Gasteiger partial charge in [0.1, 0.15) is 22.9 Å². The summed E-state index contributed by atoms with van der Waals surface area (Å²) in [4.78, 5) is 4.96. The standard InChI is InChI=1S/C24H33N3O/c1-8-28-19-11-9-18(10-12-19)21-22(26-24(6,7)16-23(3,4)5)27-14-13-17(2)15-20(27)25-21/h9-15,26H,8,16H2,1-7H3. The second-order valence-corrected chi connectivity index (χ2v) is 9.45. The third-order valence-corrected chi connectivity index (χ3v) is 4.65. The molecular weight excluding hydrogens is 346 g/mol. The Kier molecular flexibility index (Phi) is 5.42. The van der Waals surface area contributed by atoms with Crippen LogP contribution in [-0.4, -0.2) is 21.5 Å². The maximum atomic E-state index is 5.60. The first-order valence-electron chi connectivity index (χ1n) is 10.1. The Balaban J connectivity index is 2.07. The fourth-order valence-corrected chi connectivity index (χ4v) is 4.03. The van der Waals surface area contributed by atoms with Crippen molar-refractivity contribution in [2.45, 2.75) is 60.4 Å². The Bertz CT molecular complexity index is 946. The van der Waals surface area contributed by atoms with Gasteiger partial charge in [-0.15, -0.1) is 0 Å². The highest BCUT2D eigenvalue weighted by molar-refractivity contribution is 5.77. The summed E-state index contributed by atoms with van der Waals surface area (Å²) in [5, 5.41) is 3.79. The molecule has 2 heterocycles. The zero-order valence-electron chi connectivity index (χ0n) is 18.3. The van der Waals surface area contributed by atoms with Gasteiger partial charge in [-0.05, 0) is 81.5 Å². The molecule has 0 radical (unpaired) electrons. The average Bonchev–Trinajstić information content (AvgIpc) is 2.90. The lowest BCUT2D eigenvalue weighted by atomic mass is 9.82. The number of pyridine rings is 1. The fraction of sp³-hybridized carbons (Fsp3) is 0.458. The lowest BCUT2D eigenvalue weighted by molar-refractivity contribution is 0.302. The van der Waals surface area contributed by atoms with Crippen LogP contribution in [0.25, 0.3) is 16.9 Å². The minimum absolute atomic E-state index is 0.0703. The predicted octanol–water partition coefficient (Wildman–Crippen LogP) is 6.34. The molecule has 3 aromatic rings. The molecule has 28 heavy (non-hydrogen) atoms. The van der Waals surface area contributed by atoms with Crippen LogP contribution in [-0.2, 0) is 0 Å². The van der Waals surface area contributed by atoms with Crippen molar-refractivity contribution in [3.05, 3.63) is 48.2 Å². The van der Waals surface area contributed by atoms with Gasteiger partial charge in [0.2, 0.25) is 0 Å². The van der Waals surface area contributed by atoms with Crippen molar-refractivity contribution in [1.82, 2.24) is 9.38 Å². The highest BCUT2D eigenvalue weighted by Crippen LogP contribution is 2.35. The van der Waals surface area contributed by atoms with Crippen molar-refractivity contribution in [2.75, 3.05) is 11.9 Å². The van der Waals surface area contributed by atoms with E-state index in [9.17, 15) is 0 Å². The molecule has 1 N–H and O–H groups in total. The first kappa shape index (κ1) is 20.2. The quantitative estimate of drug-likeness (QED) is 0.543. The molecule has 0 aliphatic rings. The smallest absolute Gasteiger partial charge is 0.139 e. The van der Waals surface area contributed by atoms with Crippen LogP contribution in [0.2, 0.25) is 0 Å². The number of aryl methyl sites for hydroxylation is 1. The molecule has 0 amide bonds. The van der Waals surface area contributed by atoms with Gasteiger partial charge in [-0.2, -0.15) is 0 Å². The molecule has 0 aliphatic carbocycles. The number of rotatable bonds is 6. The van der Waals surface area contributed by atoms with Crippen molar-refractivity contribution >= 4 is 11.5 Å². The van der Waals surface area contributed by atoms with Crippen LogP contribution in [0.5, 0.6) is 5.75 Å². The lowest BCUT2D eigenvalue weighted by Crippen LogP contribution is -2.36. The molecule has 2 aromatic heterocycles. The van der Waals surface area contributed by atoms with Gasteiger partial charge in [0.05, 0.1) is 6.61 Å². The molecule has 0 fully saturated rings. The van der Waals surface area contributed by atoms with E-state index < -0.39 is 0 Å². The van der Waals surface area contributed by atoms with Crippen LogP contribution in [0.1, 0.15) is 53.5 Å². The summed E-state index contributed by atoms with van der Waals surface area (Å²) in [6.45, 7) is 16.1. The van der Waals surface area contributed by atoms with Crippen LogP contribution >= 0.6 is 0 Å². The number of hydrogen-bond donors (Lipinski definition) is 1. The number of nitrogens with one attached hydrogen (secondary N) is 1. The van der Waals surface area contributed by atoms with E-state index in [1.165, 1.54) is 5.56 Å². The minimum atomic E-state index is -0.0703. The summed E-state index contributed by atoms with van der Waals surface area (Å²) in [5.41, 5.74) is 4.37. The molecule has 0 atom stereocenters. The Morgan fingerprint density at radius 2 is 1.71 bits per heavy atom. The largest absolute Gasteiger partial charge is 0.494 e. The van der Waals surface area contributed by atoms with Gasteiger partial charge in [-0.25, -0.2) is 4.98 Å². The zero-order valence-corrected chi connectivity index (χ0v) is 18.3. The van der Waals surface area contributed by atoms with Gasteiger partial charge in [0, 0.05) is 17.3 Å². The summed E-state index contributed by atoms with van der Waals surface area (Å²) in [7, 11) is 0. The first-order chi connectivity index (χ1) is 13.1. The maximum absolute atomic E-state index is 5.60. The van der Waals surface area contributed by atoms with Crippen LogP contribution in [0, 0.1) is 12.3 Å². The summed E-state index contributed by atoms with van der Waals surface area (Å²) in [5.74, 6) is 1.92. The Morgan fingerprint density at radius 3 is 2.32 bits per heavy atom. The molecule has 4 nitrogen and oxygen atoms in total. The van der Waals surface area contributed by atoms with Crippen LogP contribution in [0.15, 0.2) is 42.6 Å². The summed E-state index contributed by atoms with van der Waals surface area (Å²) < 4.78 is 7.75. The normalized spacial score (nSPS) is 12.4. The Morgan fingerprint density at radius 1 is 1.04 bits per heavy atom. The Labute approximate surface area is 169 Å². The Hall–Kier alpha value is -2.49. The fourth-order valence-electron chi connectivity index (χ4n) is 4.03. The van der Waals surface area contributed by atoms with Crippen molar-refractivity contribution in [3.8, 4) is 17.0 Å². The van der Waals surface area contributed by atoms with Gasteiger partial charge in [0.25, 0.3) is 0 Å². The summed E-state index contributed by atoms with van der Waals surface area (Å²) >= 11 is 0. The summed E-state index contributed by atoms with van der Waals surface area (Å²) in [6.07, 6.45) is 3.15. The average molecular weight is 380 g/mol. The number of aromatic nitrogens is 2. The number of fused-ring (bicyclic) bond motifs is 1. The third kappa shape index (κ3) is 4.67. The van der Waals surface area contributed by atoms with Crippen molar-refractivity contribution in [3.63, 3.8) is 0 Å². The monoisotopic (exact) mass is 379 g/mol. The van der Waals surface area contributed by atoms with Gasteiger partial charge < -0.3 is 10.1 Å². The van der Waals surface area contributed by atoms with Crippen molar-refractivity contribution in [1.29, 1.82) is 0 Å². The maximum Gasteiger partial charge on any atom is 0.139 e. The molecule has 150 valence electrons. The molecule has 3 rings (SSSR count). The topological polar surface area (TPSA) is 38.6 Å². The molecule has 1 aromatic carbocycles. The van der Waals surface area contributed by atoms with E-state index in [0.29, 0.717) is 6.61 Å². The summed E-state index contributed by atoms with van der Waals surface area (Å²) in [6, 6.07) is 12.4. The zero-order chi connectivity index (χ0) is 20.5. The number of hydrogen-bond acceptors (Lipinski definition) is 3. The van der Waals surface area contributed by atoms with Crippen LogP contribution in [0.3, 0.4) is 0 Å². The number of benzene rings is 1. The SMILES string of the molecule is CCOc1ccc(-c2nc3cc(C)ccn3c2NC(C)(C)CC(C)(C)C)cc1. The van der Waals surface area contributed by atoms with Gasteiger partial charge in [-0.3, -0.25) is 4.40 Å². The van der Waals surface area contributed by atoms with Gasteiger partial charge in [0.15, 0.2) is 0 Å². The lowest BCUT2D eigenvalue weighted by Gasteiger charge is -2.34. The van der Waals surface area contributed by atoms with E-state index in [-0.39, 0.29) is 11.0 Å². The first-order valence-corrected chi connectivity index (χ1v) is 10.1. The minimum Gasteiger partial charge on any atom is -0.494 e. The number of nitrogens with zero attached hydrogens (tertiary/aromatic N) is 2. The predicted molar refractivity (Wildman–Crippen MR) is 118 cm³/mol. The van der Waals surface area contributed by atoms with Gasteiger partial charge in [-0.1, -0.05) is 20.8 Å². The van der Waals surface area contributed by atoms with Crippen LogP contribution < -0.4 is 10.1 Å². The molecule has 0 saturated carbocycles. The number of imidazole rings is 1. The van der Waals surface area contributed by atoms with E-state index in [0.717, 1.165) is 34.9 Å². The van der Waals surface area contributed by atoms with E-state index in [1.54, 1.807) is 0 Å². The molecular formula is C24H33N3O. The second-order valence-electron chi connectivity index (χ2n) is 9.45. The molecule has 0 aliphatic heterocycles. The molecule has 0 saturated heterocycles. The molecule has 4 heteroatoms. The van der Waals surface area contributed by atoms with E-state index in [4.69, 9.17) is 9.72 Å². The van der Waals surface area contributed by atoms with Crippen LogP contribution in [0.4, 0.5) is 5.82 Å². The van der Waals surface area contributed by atoms with Gasteiger partial charge >= 0.3 is 0 Å². The van der Waals surface area contributed by atoms with E-state index >= 15 is 0 Å². The molecule has 0 spiro atoms. The van der Waals surface area contributed by atoms with Crippen molar-refractivity contribution < 1.29 is 4.74 Å². The van der Waals surface area contributed by atoms with Crippen molar-refractivity contribution in [2.24, 2.45) is 5.41 Å². The highest BCUT2D eigenvalue weighted by atomic mass is 16.5. The number of anilines is 1. The van der Waals surface area contributed by atoms with E-state index in [1.807, 2.05) is 19.1 Å². The third-order valence-electron chi connectivity index (χ3n) is 4.65.